The minimum atomic E-state index is -1.19. The third-order valence-electron chi connectivity index (χ3n) is 2.45. The topological polar surface area (TPSA) is 110 Å². The number of carbonyl (C=O) groups is 3. The Balaban J connectivity index is 2.63. The molecule has 0 bridgehead atoms. The highest BCUT2D eigenvalue weighted by Crippen LogP contribution is 2.07. The molecule has 0 radical (unpaired) electrons. The van der Waals surface area contributed by atoms with Gasteiger partial charge in [-0.3, -0.25) is 9.59 Å². The first-order chi connectivity index (χ1) is 9.49. The van der Waals surface area contributed by atoms with Gasteiger partial charge in [-0.1, -0.05) is 18.7 Å². The van der Waals surface area contributed by atoms with Crippen molar-refractivity contribution in [3.8, 4) is 6.07 Å². The average Bonchev–Trinajstić information content (AvgIpc) is 2.45. The number of ether oxygens (including phenoxy) is 1. The summed E-state index contributed by atoms with van der Waals surface area (Å²) in [4.78, 5) is 33.7. The molecule has 0 unspecified atom stereocenters. The van der Waals surface area contributed by atoms with Crippen molar-refractivity contribution in [1.82, 2.24) is 0 Å². The highest BCUT2D eigenvalue weighted by atomic mass is 16.5. The molecule has 0 aliphatic heterocycles. The first-order valence-corrected chi connectivity index (χ1v) is 5.58. The second kappa shape index (κ2) is 6.85. The van der Waals surface area contributed by atoms with E-state index in [1.165, 1.54) is 24.3 Å². The van der Waals surface area contributed by atoms with Gasteiger partial charge >= 0.3 is 5.97 Å². The molecule has 20 heavy (non-hydrogen) atoms. The standard InChI is InChI=1S/C14H12N2O4/c1-9(16)12(6-15)13(18)8-20-14(19)11-4-2-10(7-17)3-5-11/h2-5,7,12H,1,8,16H2/t12-/m1/s1. The highest BCUT2D eigenvalue weighted by Gasteiger charge is 2.21. The van der Waals surface area contributed by atoms with Gasteiger partial charge in [-0.15, -0.1) is 0 Å². The number of hydrogen-bond donors (Lipinski definition) is 1. The van der Waals surface area contributed by atoms with E-state index in [1.807, 2.05) is 0 Å². The van der Waals surface area contributed by atoms with E-state index in [0.717, 1.165) is 0 Å². The number of rotatable bonds is 6. The van der Waals surface area contributed by atoms with E-state index in [0.29, 0.717) is 11.8 Å². The van der Waals surface area contributed by atoms with E-state index in [4.69, 9.17) is 15.7 Å². The second-order valence-electron chi connectivity index (χ2n) is 3.92. The first-order valence-electron chi connectivity index (χ1n) is 5.58. The molecule has 1 rings (SSSR count). The van der Waals surface area contributed by atoms with Gasteiger partial charge in [0.05, 0.1) is 11.6 Å². The number of nitrogens with zero attached hydrogens (tertiary/aromatic N) is 1. The Morgan fingerprint density at radius 1 is 1.40 bits per heavy atom. The summed E-state index contributed by atoms with van der Waals surface area (Å²) in [5.74, 6) is -2.56. The summed E-state index contributed by atoms with van der Waals surface area (Å²) >= 11 is 0. The molecule has 0 fully saturated rings. The van der Waals surface area contributed by atoms with Crippen LogP contribution in [0.2, 0.25) is 0 Å². The zero-order chi connectivity index (χ0) is 15.1. The summed E-state index contributed by atoms with van der Waals surface area (Å²) < 4.78 is 4.77. The SMILES string of the molecule is C=C(N)[C@@H](C#N)C(=O)COC(=O)c1ccc(C=O)cc1. The number of nitrogens with two attached hydrogens (primary N) is 1. The maximum atomic E-state index is 11.6. The van der Waals surface area contributed by atoms with Gasteiger partial charge < -0.3 is 10.5 Å². The second-order valence-corrected chi connectivity index (χ2v) is 3.92. The third-order valence-corrected chi connectivity index (χ3v) is 2.45. The van der Waals surface area contributed by atoms with Crippen LogP contribution in [0.1, 0.15) is 20.7 Å². The molecule has 1 atom stereocenters. The molecule has 0 heterocycles. The number of esters is 1. The predicted molar refractivity (Wildman–Crippen MR) is 69.5 cm³/mol. The molecule has 6 heteroatoms. The van der Waals surface area contributed by atoms with Crippen molar-refractivity contribution in [1.29, 1.82) is 5.26 Å². The molecule has 102 valence electrons. The summed E-state index contributed by atoms with van der Waals surface area (Å²) in [6.45, 7) is 2.75. The van der Waals surface area contributed by atoms with E-state index in [2.05, 4.69) is 6.58 Å². The van der Waals surface area contributed by atoms with Crippen molar-refractivity contribution < 1.29 is 19.1 Å². The number of benzene rings is 1. The molecule has 6 nitrogen and oxygen atoms in total. The van der Waals surface area contributed by atoms with Crippen molar-refractivity contribution in [3.63, 3.8) is 0 Å². The lowest BCUT2D eigenvalue weighted by Crippen LogP contribution is -2.25. The lowest BCUT2D eigenvalue weighted by molar-refractivity contribution is -0.123. The average molecular weight is 272 g/mol. The minimum Gasteiger partial charge on any atom is -0.454 e. The van der Waals surface area contributed by atoms with Crippen LogP contribution >= 0.6 is 0 Å². The monoisotopic (exact) mass is 272 g/mol. The van der Waals surface area contributed by atoms with Crippen LogP contribution in [-0.2, 0) is 9.53 Å². The van der Waals surface area contributed by atoms with Crippen LogP contribution < -0.4 is 5.73 Å². The first kappa shape index (κ1) is 15.1. The fourth-order valence-electron chi connectivity index (χ4n) is 1.36. The summed E-state index contributed by atoms with van der Waals surface area (Å²) in [5.41, 5.74) is 5.81. The molecular formula is C14H12N2O4. The third kappa shape index (κ3) is 3.78. The van der Waals surface area contributed by atoms with E-state index in [9.17, 15) is 14.4 Å². The number of hydrogen-bond acceptors (Lipinski definition) is 6. The van der Waals surface area contributed by atoms with Gasteiger partial charge in [0.2, 0.25) is 0 Å². The highest BCUT2D eigenvalue weighted by molar-refractivity contribution is 5.93. The van der Waals surface area contributed by atoms with Gasteiger partial charge in [0, 0.05) is 11.3 Å². The molecule has 0 saturated carbocycles. The van der Waals surface area contributed by atoms with E-state index in [1.54, 1.807) is 6.07 Å². The molecule has 0 aromatic heterocycles. The lowest BCUT2D eigenvalue weighted by Gasteiger charge is -2.08. The Labute approximate surface area is 115 Å². The summed E-state index contributed by atoms with van der Waals surface area (Å²) in [5, 5.41) is 8.72. The van der Waals surface area contributed by atoms with Gasteiger partial charge in [0.1, 0.15) is 12.2 Å². The van der Waals surface area contributed by atoms with Crippen molar-refractivity contribution in [2.45, 2.75) is 0 Å². The van der Waals surface area contributed by atoms with E-state index < -0.39 is 24.3 Å². The molecule has 2 N–H and O–H groups in total. The molecule has 0 aliphatic rings. The van der Waals surface area contributed by atoms with Gasteiger partial charge in [0.25, 0.3) is 0 Å². The van der Waals surface area contributed by atoms with Crippen LogP contribution in [0.15, 0.2) is 36.5 Å². The Bertz CT molecular complexity index is 584. The maximum absolute atomic E-state index is 11.6. The smallest absolute Gasteiger partial charge is 0.338 e. The zero-order valence-corrected chi connectivity index (χ0v) is 10.5. The Morgan fingerprint density at radius 3 is 2.45 bits per heavy atom. The molecule has 0 amide bonds. The fourth-order valence-corrected chi connectivity index (χ4v) is 1.36. The van der Waals surface area contributed by atoms with Crippen LogP contribution in [0.25, 0.3) is 0 Å². The van der Waals surface area contributed by atoms with E-state index >= 15 is 0 Å². The summed E-state index contributed by atoms with van der Waals surface area (Å²) in [7, 11) is 0. The van der Waals surface area contributed by atoms with Crippen molar-refractivity contribution in [3.05, 3.63) is 47.7 Å². The molecule has 0 saturated heterocycles. The Morgan fingerprint density at radius 2 is 2.00 bits per heavy atom. The quantitative estimate of drug-likeness (QED) is 0.606. The van der Waals surface area contributed by atoms with Gasteiger partial charge in [-0.2, -0.15) is 5.26 Å². The van der Waals surface area contributed by atoms with Crippen LogP contribution in [0, 0.1) is 17.2 Å². The normalized spacial score (nSPS) is 10.9. The fraction of sp³-hybridized carbons (Fsp3) is 0.143. The molecule has 0 aliphatic carbocycles. The lowest BCUT2D eigenvalue weighted by atomic mass is 10.0. The van der Waals surface area contributed by atoms with Gasteiger partial charge in [-0.05, 0) is 12.1 Å². The van der Waals surface area contributed by atoms with Gasteiger partial charge in [0.15, 0.2) is 12.4 Å². The van der Waals surface area contributed by atoms with Gasteiger partial charge in [-0.25, -0.2) is 4.79 Å². The zero-order valence-electron chi connectivity index (χ0n) is 10.5. The van der Waals surface area contributed by atoms with Crippen molar-refractivity contribution in [2.24, 2.45) is 11.7 Å². The number of allylic oxidation sites excluding steroid dienone is 1. The maximum Gasteiger partial charge on any atom is 0.338 e. The van der Waals surface area contributed by atoms with Crippen LogP contribution in [0.5, 0.6) is 0 Å². The van der Waals surface area contributed by atoms with Crippen molar-refractivity contribution in [2.75, 3.05) is 6.61 Å². The Hall–Kier alpha value is -2.94. The molecule has 1 aromatic rings. The minimum absolute atomic E-state index is 0.0936. The number of nitriles is 1. The largest absolute Gasteiger partial charge is 0.454 e. The summed E-state index contributed by atoms with van der Waals surface area (Å²) in [6, 6.07) is 7.38. The predicted octanol–water partition coefficient (Wildman–Crippen LogP) is 0.837. The van der Waals surface area contributed by atoms with Crippen LogP contribution in [0.4, 0.5) is 0 Å². The number of carbonyl (C=O) groups excluding carboxylic acids is 3. The summed E-state index contributed by atoms with van der Waals surface area (Å²) in [6.07, 6.45) is 0.642. The van der Waals surface area contributed by atoms with Crippen molar-refractivity contribution >= 4 is 18.0 Å². The Kier molecular flexibility index (Phi) is 5.18. The number of ketones is 1. The van der Waals surface area contributed by atoms with Crippen LogP contribution in [0.3, 0.4) is 0 Å². The van der Waals surface area contributed by atoms with E-state index in [-0.39, 0.29) is 11.3 Å². The number of Topliss-reactive ketones (excluding diaryl/α,β-unsaturated/α-hetero) is 1. The number of aldehydes is 1. The molecule has 0 spiro atoms. The molecule has 1 aromatic carbocycles. The molecular weight excluding hydrogens is 260 g/mol. The van der Waals surface area contributed by atoms with Crippen LogP contribution in [-0.4, -0.2) is 24.6 Å².